The molecule has 1 fully saturated rings. The topological polar surface area (TPSA) is 78.4 Å². The molecule has 5 nitrogen and oxygen atoms in total. The minimum atomic E-state index is -0.426. The Kier molecular flexibility index (Phi) is 2.58. The molecule has 0 aromatic heterocycles. The summed E-state index contributed by atoms with van der Waals surface area (Å²) < 4.78 is 5.22. The van der Waals surface area contributed by atoms with Gasteiger partial charge in [-0.25, -0.2) is 0 Å². The van der Waals surface area contributed by atoms with E-state index in [0.29, 0.717) is 5.75 Å². The maximum atomic E-state index is 10.7. The number of rotatable bonds is 3. The molecule has 0 heterocycles. The van der Waals surface area contributed by atoms with Crippen LogP contribution in [0.4, 0.5) is 5.69 Å². The summed E-state index contributed by atoms with van der Waals surface area (Å²) in [5.74, 6) is 0.753. The number of benzene rings is 1. The Balaban J connectivity index is 2.40. The van der Waals surface area contributed by atoms with E-state index in [1.807, 2.05) is 0 Å². The van der Waals surface area contributed by atoms with Crippen molar-refractivity contribution in [1.29, 1.82) is 0 Å². The largest absolute Gasteiger partial charge is 0.496 e. The third-order valence-corrected chi connectivity index (χ3v) is 3.67. The zero-order chi connectivity index (χ0) is 12.8. The van der Waals surface area contributed by atoms with Crippen molar-refractivity contribution >= 4 is 5.69 Å². The van der Waals surface area contributed by atoms with E-state index >= 15 is 0 Å². The number of nitro benzene ring substituents is 1. The first-order chi connectivity index (χ1) is 7.89. The lowest BCUT2D eigenvalue weighted by Gasteiger charge is -2.09. The Morgan fingerprint density at radius 2 is 2.06 bits per heavy atom. The third kappa shape index (κ3) is 1.76. The zero-order valence-corrected chi connectivity index (χ0v) is 10.1. The van der Waals surface area contributed by atoms with Gasteiger partial charge in [0.2, 0.25) is 0 Å². The van der Waals surface area contributed by atoms with Crippen LogP contribution in [0.3, 0.4) is 0 Å². The van der Waals surface area contributed by atoms with Gasteiger partial charge in [0.15, 0.2) is 0 Å². The van der Waals surface area contributed by atoms with Crippen LogP contribution in [0.1, 0.15) is 25.3 Å². The number of nitrogens with zero attached hydrogens (tertiary/aromatic N) is 1. The fourth-order valence-corrected chi connectivity index (χ4v) is 2.34. The highest BCUT2D eigenvalue weighted by atomic mass is 16.6. The van der Waals surface area contributed by atoms with Crippen LogP contribution in [0, 0.1) is 15.5 Å². The van der Waals surface area contributed by atoms with Crippen LogP contribution < -0.4 is 10.5 Å². The van der Waals surface area contributed by atoms with Crippen molar-refractivity contribution in [2.24, 2.45) is 11.1 Å². The second-order valence-corrected chi connectivity index (χ2v) is 5.01. The van der Waals surface area contributed by atoms with Crippen LogP contribution in [0.2, 0.25) is 0 Å². The van der Waals surface area contributed by atoms with E-state index in [1.54, 1.807) is 6.07 Å². The van der Waals surface area contributed by atoms with Gasteiger partial charge in [0, 0.05) is 18.0 Å². The molecule has 1 aromatic carbocycles. The fraction of sp³-hybridized carbons (Fsp3) is 0.500. The first kappa shape index (κ1) is 11.9. The van der Waals surface area contributed by atoms with Gasteiger partial charge in [-0.05, 0) is 17.0 Å². The molecular weight excluding hydrogens is 220 g/mol. The number of ether oxygens (including phenoxy) is 1. The summed E-state index contributed by atoms with van der Waals surface area (Å²) in [6, 6.07) is 4.78. The lowest BCUT2D eigenvalue weighted by atomic mass is 10.0. The molecule has 1 aromatic rings. The zero-order valence-electron chi connectivity index (χ0n) is 10.1. The predicted octanol–water partition coefficient (Wildman–Crippen LogP) is 2.05. The van der Waals surface area contributed by atoms with Gasteiger partial charge in [-0.2, -0.15) is 0 Å². The summed E-state index contributed by atoms with van der Waals surface area (Å²) in [5.41, 5.74) is 7.03. The summed E-state index contributed by atoms with van der Waals surface area (Å²) in [7, 11) is 1.52. The Morgan fingerprint density at radius 1 is 1.47 bits per heavy atom. The molecule has 0 spiro atoms. The minimum absolute atomic E-state index is 0.0312. The van der Waals surface area contributed by atoms with E-state index in [2.05, 4.69) is 13.8 Å². The van der Waals surface area contributed by atoms with Crippen molar-refractivity contribution < 1.29 is 9.66 Å². The second-order valence-electron chi connectivity index (χ2n) is 5.01. The molecule has 2 N–H and O–H groups in total. The van der Waals surface area contributed by atoms with Crippen LogP contribution in [0.5, 0.6) is 5.75 Å². The van der Waals surface area contributed by atoms with E-state index in [0.717, 1.165) is 5.56 Å². The average Bonchev–Trinajstić information content (AvgIpc) is 2.77. The minimum Gasteiger partial charge on any atom is -0.496 e. The van der Waals surface area contributed by atoms with Crippen molar-refractivity contribution in [3.05, 3.63) is 33.9 Å². The summed E-state index contributed by atoms with van der Waals surface area (Å²) >= 11 is 0. The van der Waals surface area contributed by atoms with Crippen molar-refractivity contribution in [2.45, 2.75) is 25.8 Å². The molecule has 1 saturated carbocycles. The van der Waals surface area contributed by atoms with Crippen LogP contribution in [0.25, 0.3) is 0 Å². The van der Waals surface area contributed by atoms with Crippen molar-refractivity contribution in [2.75, 3.05) is 7.11 Å². The highest BCUT2D eigenvalue weighted by molar-refractivity contribution is 5.50. The van der Waals surface area contributed by atoms with Gasteiger partial charge in [0.1, 0.15) is 5.75 Å². The Morgan fingerprint density at radius 3 is 2.47 bits per heavy atom. The second kappa shape index (κ2) is 3.70. The Labute approximate surface area is 99.7 Å². The van der Waals surface area contributed by atoms with Gasteiger partial charge in [-0.15, -0.1) is 0 Å². The van der Waals surface area contributed by atoms with Gasteiger partial charge in [0.05, 0.1) is 18.1 Å². The van der Waals surface area contributed by atoms with E-state index in [4.69, 9.17) is 10.5 Å². The van der Waals surface area contributed by atoms with Crippen molar-refractivity contribution in [1.82, 2.24) is 0 Å². The van der Waals surface area contributed by atoms with Crippen LogP contribution >= 0.6 is 0 Å². The van der Waals surface area contributed by atoms with E-state index < -0.39 is 4.92 Å². The number of methoxy groups -OCH3 is 1. The number of hydrogen-bond acceptors (Lipinski definition) is 4. The van der Waals surface area contributed by atoms with Crippen LogP contribution in [-0.2, 0) is 0 Å². The highest BCUT2D eigenvalue weighted by Crippen LogP contribution is 2.59. The summed E-state index contributed by atoms with van der Waals surface area (Å²) in [5, 5.41) is 10.7. The SMILES string of the molecule is COc1cc([N+](=O)[O-])ccc1C1C(N)C1(C)C. The highest BCUT2D eigenvalue weighted by Gasteiger charge is 2.57. The summed E-state index contributed by atoms with van der Waals surface area (Å²) in [6.45, 7) is 4.17. The molecule has 0 amide bonds. The number of nitro groups is 1. The Bertz CT molecular complexity index is 471. The molecule has 0 radical (unpaired) electrons. The predicted molar refractivity (Wildman–Crippen MR) is 64.1 cm³/mol. The molecule has 0 aliphatic heterocycles. The first-order valence-corrected chi connectivity index (χ1v) is 5.47. The molecule has 2 atom stereocenters. The van der Waals surface area contributed by atoms with Crippen LogP contribution in [0.15, 0.2) is 18.2 Å². The molecule has 1 aliphatic carbocycles. The smallest absolute Gasteiger partial charge is 0.273 e. The molecule has 1 aliphatic rings. The van der Waals surface area contributed by atoms with Gasteiger partial charge in [-0.1, -0.05) is 13.8 Å². The number of hydrogen-bond donors (Lipinski definition) is 1. The van der Waals surface area contributed by atoms with Gasteiger partial charge >= 0.3 is 0 Å². The maximum absolute atomic E-state index is 10.7. The molecule has 2 unspecified atom stereocenters. The van der Waals surface area contributed by atoms with Crippen molar-refractivity contribution in [3.8, 4) is 5.75 Å². The number of nitrogens with two attached hydrogens (primary N) is 1. The molecule has 5 heteroatoms. The molecule has 17 heavy (non-hydrogen) atoms. The number of non-ortho nitro benzene ring substituents is 1. The van der Waals surface area contributed by atoms with Gasteiger partial charge < -0.3 is 10.5 Å². The molecular formula is C12H16N2O3. The molecule has 2 rings (SSSR count). The van der Waals surface area contributed by atoms with Gasteiger partial charge in [0.25, 0.3) is 5.69 Å². The molecule has 0 saturated heterocycles. The average molecular weight is 236 g/mol. The van der Waals surface area contributed by atoms with E-state index in [-0.39, 0.29) is 23.1 Å². The third-order valence-electron chi connectivity index (χ3n) is 3.67. The monoisotopic (exact) mass is 236 g/mol. The molecule has 0 bridgehead atoms. The van der Waals surface area contributed by atoms with Crippen molar-refractivity contribution in [3.63, 3.8) is 0 Å². The lowest BCUT2D eigenvalue weighted by molar-refractivity contribution is -0.384. The fourth-order valence-electron chi connectivity index (χ4n) is 2.34. The van der Waals surface area contributed by atoms with E-state index in [1.165, 1.54) is 19.2 Å². The molecule has 92 valence electrons. The Hall–Kier alpha value is -1.62. The summed E-state index contributed by atoms with van der Waals surface area (Å²) in [6.07, 6.45) is 0. The van der Waals surface area contributed by atoms with E-state index in [9.17, 15) is 10.1 Å². The normalized spacial score (nSPS) is 25.4. The standard InChI is InChI=1S/C12H16N2O3/c1-12(2)10(11(12)13)8-5-4-7(14(15)16)6-9(8)17-3/h4-6,10-11H,13H2,1-3H3. The quantitative estimate of drug-likeness (QED) is 0.643. The first-order valence-electron chi connectivity index (χ1n) is 5.47. The summed E-state index contributed by atoms with van der Waals surface area (Å²) in [4.78, 5) is 10.3. The lowest BCUT2D eigenvalue weighted by Crippen LogP contribution is -2.06. The van der Waals surface area contributed by atoms with Crippen LogP contribution in [-0.4, -0.2) is 18.1 Å². The van der Waals surface area contributed by atoms with Gasteiger partial charge in [-0.3, -0.25) is 10.1 Å². The maximum Gasteiger partial charge on any atom is 0.273 e.